The van der Waals surface area contributed by atoms with Crippen LogP contribution in [0.4, 0.5) is 0 Å². The number of esters is 2. The molecule has 1 heterocycles. The zero-order valence-electron chi connectivity index (χ0n) is 12.5. The van der Waals surface area contributed by atoms with E-state index in [0.717, 1.165) is 0 Å². The van der Waals surface area contributed by atoms with Crippen LogP contribution >= 0.6 is 11.6 Å². The molecule has 0 aliphatic carbocycles. The largest absolute Gasteiger partial charge is 0.423 e. The average molecular weight is 338 g/mol. The third kappa shape index (κ3) is 3.40. The summed E-state index contributed by atoms with van der Waals surface area (Å²) >= 11 is 5.40. The quantitative estimate of drug-likeness (QED) is 0.481. The van der Waals surface area contributed by atoms with Crippen LogP contribution in [0.25, 0.3) is 10.9 Å². The van der Waals surface area contributed by atoms with Gasteiger partial charge in [-0.25, -0.2) is 0 Å². The molecule has 120 valence electrons. The van der Waals surface area contributed by atoms with Crippen LogP contribution in [0, 0.1) is 0 Å². The van der Waals surface area contributed by atoms with Gasteiger partial charge in [-0.15, -0.1) is 0 Å². The van der Waals surface area contributed by atoms with E-state index in [2.05, 4.69) is 0 Å². The van der Waals surface area contributed by atoms with Crippen LogP contribution in [0.1, 0.15) is 24.2 Å². The summed E-state index contributed by atoms with van der Waals surface area (Å²) in [6.07, 6.45) is 0. The van der Waals surface area contributed by atoms with Crippen LogP contribution in [0.5, 0.6) is 11.5 Å². The van der Waals surface area contributed by atoms with Gasteiger partial charge >= 0.3 is 11.9 Å². The Morgan fingerprint density at radius 3 is 2.00 bits per heavy atom. The number of aryl methyl sites for hydroxylation is 1. The van der Waals surface area contributed by atoms with Crippen LogP contribution in [0.2, 0.25) is 0 Å². The van der Waals surface area contributed by atoms with Crippen molar-refractivity contribution in [3.8, 4) is 11.5 Å². The highest BCUT2D eigenvalue weighted by Crippen LogP contribution is 2.32. The Morgan fingerprint density at radius 2 is 1.52 bits per heavy atom. The second kappa shape index (κ2) is 6.21. The summed E-state index contributed by atoms with van der Waals surface area (Å²) in [6, 6.07) is 4.05. The first-order valence-corrected chi connectivity index (χ1v) is 6.83. The van der Waals surface area contributed by atoms with E-state index < -0.39 is 22.7 Å². The molecule has 7 nitrogen and oxygen atoms in total. The first-order chi connectivity index (χ1) is 10.7. The number of benzene rings is 1. The van der Waals surface area contributed by atoms with Gasteiger partial charge in [0.1, 0.15) is 5.56 Å². The summed E-state index contributed by atoms with van der Waals surface area (Å²) < 4.78 is 11.2. The Hall–Kier alpha value is -2.67. The third-order valence-electron chi connectivity index (χ3n) is 3.01. The van der Waals surface area contributed by atoms with Gasteiger partial charge in [0.15, 0.2) is 11.5 Å². The monoisotopic (exact) mass is 337 g/mol. The van der Waals surface area contributed by atoms with Gasteiger partial charge in [-0.1, -0.05) is 0 Å². The van der Waals surface area contributed by atoms with Crippen molar-refractivity contribution in [2.45, 2.75) is 13.8 Å². The summed E-state index contributed by atoms with van der Waals surface area (Å²) in [7, 11) is 1.44. The minimum absolute atomic E-state index is 0.00757. The van der Waals surface area contributed by atoms with Gasteiger partial charge in [-0.3, -0.25) is 19.2 Å². The molecule has 0 N–H and O–H groups in total. The lowest BCUT2D eigenvalue weighted by Gasteiger charge is -2.12. The van der Waals surface area contributed by atoms with E-state index >= 15 is 0 Å². The maximum atomic E-state index is 12.1. The van der Waals surface area contributed by atoms with Crippen molar-refractivity contribution in [3.63, 3.8) is 0 Å². The number of fused-ring (bicyclic) bond motifs is 1. The molecule has 0 bridgehead atoms. The number of hydrogen-bond donors (Lipinski definition) is 0. The molecule has 8 heteroatoms. The van der Waals surface area contributed by atoms with Crippen molar-refractivity contribution in [2.75, 3.05) is 0 Å². The molecule has 0 aliphatic heterocycles. The Labute approximate surface area is 135 Å². The molecule has 0 spiro atoms. The molecule has 0 atom stereocenters. The van der Waals surface area contributed by atoms with Crippen molar-refractivity contribution in [2.24, 2.45) is 7.05 Å². The van der Waals surface area contributed by atoms with Crippen LogP contribution in [-0.2, 0) is 16.6 Å². The molecule has 1 aromatic heterocycles. The highest BCUT2D eigenvalue weighted by atomic mass is 35.5. The van der Waals surface area contributed by atoms with Crippen LogP contribution < -0.4 is 15.0 Å². The summed E-state index contributed by atoms with van der Waals surface area (Å²) in [6.45, 7) is 2.38. The maximum absolute atomic E-state index is 12.1. The molecular weight excluding hydrogens is 326 g/mol. The van der Waals surface area contributed by atoms with Crippen molar-refractivity contribution < 1.29 is 23.9 Å². The van der Waals surface area contributed by atoms with Gasteiger partial charge in [0.2, 0.25) is 0 Å². The van der Waals surface area contributed by atoms with Crippen LogP contribution in [0.15, 0.2) is 23.0 Å². The Morgan fingerprint density at radius 1 is 1.00 bits per heavy atom. The normalized spacial score (nSPS) is 10.4. The fourth-order valence-corrected chi connectivity index (χ4v) is 2.22. The molecule has 1 aromatic carbocycles. The number of ether oxygens (including phenoxy) is 2. The average Bonchev–Trinajstić information content (AvgIpc) is 2.42. The first kappa shape index (κ1) is 16.7. The Balaban J connectivity index is 2.80. The molecule has 0 saturated heterocycles. The lowest BCUT2D eigenvalue weighted by Crippen LogP contribution is -2.23. The van der Waals surface area contributed by atoms with E-state index in [0.29, 0.717) is 10.9 Å². The fraction of sp³-hybridized carbons (Fsp3) is 0.200. The fourth-order valence-electron chi connectivity index (χ4n) is 2.09. The summed E-state index contributed by atoms with van der Waals surface area (Å²) in [5.74, 6) is -1.25. The van der Waals surface area contributed by atoms with Gasteiger partial charge in [0, 0.05) is 32.3 Å². The van der Waals surface area contributed by atoms with Gasteiger partial charge in [0.25, 0.3) is 10.8 Å². The number of carbonyl (C=O) groups excluding carboxylic acids is 3. The van der Waals surface area contributed by atoms with Crippen molar-refractivity contribution in [1.29, 1.82) is 0 Å². The van der Waals surface area contributed by atoms with Crippen molar-refractivity contribution in [3.05, 3.63) is 34.1 Å². The van der Waals surface area contributed by atoms with Crippen LogP contribution in [-0.4, -0.2) is 21.7 Å². The lowest BCUT2D eigenvalue weighted by atomic mass is 10.1. The standard InChI is InChI=1S/C15H12ClNO6/c1-7(18)22-12-5-9-4-10(14(16)20)15(21)17(3)11(9)6-13(12)23-8(2)19/h4-6H,1-3H3. The van der Waals surface area contributed by atoms with Gasteiger partial charge in [-0.2, -0.15) is 0 Å². The molecule has 23 heavy (non-hydrogen) atoms. The molecule has 0 radical (unpaired) electrons. The number of halogens is 1. The van der Waals surface area contributed by atoms with Crippen LogP contribution in [0.3, 0.4) is 0 Å². The number of pyridine rings is 1. The van der Waals surface area contributed by atoms with Gasteiger partial charge in [-0.05, 0) is 23.7 Å². The molecular formula is C15H12ClNO6. The van der Waals surface area contributed by atoms with E-state index in [4.69, 9.17) is 21.1 Å². The zero-order chi connectivity index (χ0) is 17.3. The van der Waals surface area contributed by atoms with E-state index in [1.165, 1.54) is 43.7 Å². The predicted molar refractivity (Wildman–Crippen MR) is 82.0 cm³/mol. The molecule has 0 amide bonds. The highest BCUT2D eigenvalue weighted by molar-refractivity contribution is 6.67. The van der Waals surface area contributed by atoms with E-state index in [1.54, 1.807) is 0 Å². The number of carbonyl (C=O) groups is 3. The van der Waals surface area contributed by atoms with E-state index in [-0.39, 0.29) is 17.1 Å². The van der Waals surface area contributed by atoms with E-state index in [9.17, 15) is 19.2 Å². The maximum Gasteiger partial charge on any atom is 0.308 e. The van der Waals surface area contributed by atoms with Gasteiger partial charge < -0.3 is 14.0 Å². The highest BCUT2D eigenvalue weighted by Gasteiger charge is 2.17. The predicted octanol–water partition coefficient (Wildman–Crippen LogP) is 1.77. The van der Waals surface area contributed by atoms with Crippen molar-refractivity contribution >= 4 is 39.7 Å². The topological polar surface area (TPSA) is 91.7 Å². The SMILES string of the molecule is CC(=O)Oc1cc2cc(C(=O)Cl)c(=O)n(C)c2cc1OC(C)=O. The minimum Gasteiger partial charge on any atom is -0.423 e. The molecule has 2 rings (SSSR count). The van der Waals surface area contributed by atoms with Crippen molar-refractivity contribution in [1.82, 2.24) is 4.57 Å². The Bertz CT molecular complexity index is 899. The van der Waals surface area contributed by atoms with Gasteiger partial charge in [0.05, 0.1) is 5.52 Å². The second-order valence-corrected chi connectivity index (χ2v) is 5.08. The molecule has 0 unspecified atom stereocenters. The number of nitrogens with zero attached hydrogens (tertiary/aromatic N) is 1. The third-order valence-corrected chi connectivity index (χ3v) is 3.21. The number of aromatic nitrogens is 1. The first-order valence-electron chi connectivity index (χ1n) is 6.45. The zero-order valence-corrected chi connectivity index (χ0v) is 13.3. The molecule has 0 fully saturated rings. The number of hydrogen-bond acceptors (Lipinski definition) is 6. The smallest absolute Gasteiger partial charge is 0.308 e. The summed E-state index contributed by atoms with van der Waals surface area (Å²) in [5.41, 5.74) is -0.425. The van der Waals surface area contributed by atoms with E-state index in [1.807, 2.05) is 0 Å². The molecule has 0 aliphatic rings. The summed E-state index contributed by atoms with van der Waals surface area (Å²) in [5, 5.41) is -0.478. The number of rotatable bonds is 3. The minimum atomic E-state index is -0.898. The lowest BCUT2D eigenvalue weighted by molar-refractivity contribution is -0.134. The summed E-state index contributed by atoms with van der Waals surface area (Å²) in [4.78, 5) is 45.8. The molecule has 2 aromatic rings. The second-order valence-electron chi connectivity index (χ2n) is 4.74. The Kier molecular flexibility index (Phi) is 4.51. The molecule has 0 saturated carbocycles.